The molecule has 3 atom stereocenters. The fraction of sp³-hybridized carbons (Fsp3) is 0.643. The molecule has 1 aliphatic rings. The smallest absolute Gasteiger partial charge is 0.391 e. The van der Waals surface area contributed by atoms with Gasteiger partial charge in [0.1, 0.15) is 0 Å². The van der Waals surface area contributed by atoms with Crippen molar-refractivity contribution in [3.05, 3.63) is 23.5 Å². The van der Waals surface area contributed by atoms with Gasteiger partial charge in [0.05, 0.1) is 17.7 Å². The summed E-state index contributed by atoms with van der Waals surface area (Å²) in [5, 5.41) is 12.2. The van der Waals surface area contributed by atoms with Gasteiger partial charge in [0, 0.05) is 24.2 Å². The Morgan fingerprint density at radius 1 is 1.43 bits per heavy atom. The van der Waals surface area contributed by atoms with Crippen LogP contribution in [0.4, 0.5) is 13.2 Å². The first kappa shape index (κ1) is 14.8. The molecule has 2 aromatic heterocycles. The van der Waals surface area contributed by atoms with Crippen LogP contribution in [0, 0.1) is 11.8 Å². The van der Waals surface area contributed by atoms with Crippen molar-refractivity contribution in [3.63, 3.8) is 0 Å². The van der Waals surface area contributed by atoms with Crippen LogP contribution in [0.3, 0.4) is 0 Å². The largest absolute Gasteiger partial charge is 0.392 e. The molecule has 3 unspecified atom stereocenters. The van der Waals surface area contributed by atoms with Gasteiger partial charge in [-0.1, -0.05) is 6.42 Å². The normalized spacial score (nSPS) is 25.3. The number of thiazole rings is 1. The summed E-state index contributed by atoms with van der Waals surface area (Å²) in [5.41, 5.74) is 0.739. The van der Waals surface area contributed by atoms with E-state index in [-0.39, 0.29) is 18.8 Å². The Morgan fingerprint density at radius 2 is 2.24 bits per heavy atom. The maximum atomic E-state index is 12.8. The van der Waals surface area contributed by atoms with Crippen molar-refractivity contribution in [3.8, 4) is 0 Å². The Kier molecular flexibility index (Phi) is 3.96. The Balaban J connectivity index is 1.64. The number of imidazole rings is 1. The molecular weight excluding hydrogens is 301 g/mol. The van der Waals surface area contributed by atoms with E-state index in [1.807, 2.05) is 22.2 Å². The number of hydrogen-bond acceptors (Lipinski definition) is 3. The highest BCUT2D eigenvalue weighted by Crippen LogP contribution is 2.41. The van der Waals surface area contributed by atoms with E-state index in [9.17, 15) is 18.3 Å². The molecule has 0 radical (unpaired) electrons. The second-order valence-electron chi connectivity index (χ2n) is 5.76. The van der Waals surface area contributed by atoms with Crippen molar-refractivity contribution in [2.45, 2.75) is 44.4 Å². The molecule has 1 fully saturated rings. The number of rotatable bonds is 3. The highest BCUT2D eigenvalue weighted by atomic mass is 32.1. The van der Waals surface area contributed by atoms with Gasteiger partial charge in [-0.25, -0.2) is 4.98 Å². The molecule has 1 saturated carbocycles. The van der Waals surface area contributed by atoms with Crippen molar-refractivity contribution in [1.29, 1.82) is 0 Å². The third kappa shape index (κ3) is 3.23. The number of aliphatic hydroxyl groups is 1. The standard InChI is InChI=1S/C14H17F3N2OS/c15-14(16,17)10-3-1-2-9(6-10)12(20)7-11-8-19-4-5-21-13(19)18-11/h4-5,8-10,12,20H,1-3,6-7H2. The van der Waals surface area contributed by atoms with Crippen LogP contribution in [0.2, 0.25) is 0 Å². The van der Waals surface area contributed by atoms with Crippen LogP contribution in [0.5, 0.6) is 0 Å². The van der Waals surface area contributed by atoms with Crippen LogP contribution in [-0.4, -0.2) is 26.8 Å². The SMILES string of the molecule is OC(Cc1cn2ccsc2n1)C1CCCC(C(F)(F)F)C1. The monoisotopic (exact) mass is 318 g/mol. The maximum absolute atomic E-state index is 12.8. The minimum Gasteiger partial charge on any atom is -0.392 e. The van der Waals surface area contributed by atoms with Crippen LogP contribution in [-0.2, 0) is 6.42 Å². The van der Waals surface area contributed by atoms with Crippen molar-refractivity contribution in [2.24, 2.45) is 11.8 Å². The van der Waals surface area contributed by atoms with Crippen molar-refractivity contribution in [2.75, 3.05) is 0 Å². The molecule has 3 rings (SSSR count). The molecular formula is C14H17F3N2OS. The first-order chi connectivity index (χ1) is 9.93. The molecule has 0 bridgehead atoms. The third-order valence-corrected chi connectivity index (χ3v) is 5.05. The Hall–Kier alpha value is -1.08. The number of alkyl halides is 3. The minimum absolute atomic E-state index is 0.0346. The van der Waals surface area contributed by atoms with Gasteiger partial charge in [0.25, 0.3) is 0 Å². The van der Waals surface area contributed by atoms with Crippen molar-refractivity contribution < 1.29 is 18.3 Å². The van der Waals surface area contributed by atoms with Crippen LogP contribution < -0.4 is 0 Å². The van der Waals surface area contributed by atoms with E-state index >= 15 is 0 Å². The molecule has 0 aliphatic heterocycles. The molecule has 0 spiro atoms. The van der Waals surface area contributed by atoms with Gasteiger partial charge in [-0.2, -0.15) is 13.2 Å². The highest BCUT2D eigenvalue weighted by molar-refractivity contribution is 7.15. The fourth-order valence-electron chi connectivity index (χ4n) is 3.13. The molecule has 116 valence electrons. The second-order valence-corrected chi connectivity index (χ2v) is 6.63. The summed E-state index contributed by atoms with van der Waals surface area (Å²) in [4.78, 5) is 5.22. The zero-order chi connectivity index (χ0) is 15.0. The number of nitrogens with zero attached hydrogens (tertiary/aromatic N) is 2. The van der Waals surface area contributed by atoms with Gasteiger partial charge in [0.2, 0.25) is 0 Å². The van der Waals surface area contributed by atoms with Gasteiger partial charge >= 0.3 is 6.18 Å². The average molecular weight is 318 g/mol. The molecule has 1 N–H and O–H groups in total. The minimum atomic E-state index is -4.14. The van der Waals surface area contributed by atoms with Crippen LogP contribution in [0.25, 0.3) is 4.96 Å². The second kappa shape index (κ2) is 5.61. The maximum Gasteiger partial charge on any atom is 0.391 e. The predicted octanol–water partition coefficient (Wildman–Crippen LogP) is 3.67. The summed E-state index contributed by atoms with van der Waals surface area (Å²) in [6.07, 6.45) is 0.557. The van der Waals surface area contributed by atoms with E-state index < -0.39 is 18.2 Å². The van der Waals surface area contributed by atoms with E-state index in [1.54, 1.807) is 0 Å². The van der Waals surface area contributed by atoms with Gasteiger partial charge in [-0.3, -0.25) is 4.40 Å². The van der Waals surface area contributed by atoms with Gasteiger partial charge < -0.3 is 5.11 Å². The topological polar surface area (TPSA) is 37.5 Å². The summed E-state index contributed by atoms with van der Waals surface area (Å²) in [6, 6.07) is 0. The molecule has 7 heteroatoms. The summed E-state index contributed by atoms with van der Waals surface area (Å²) in [7, 11) is 0. The molecule has 0 amide bonds. The van der Waals surface area contributed by atoms with E-state index in [1.165, 1.54) is 11.3 Å². The van der Waals surface area contributed by atoms with Gasteiger partial charge in [0.15, 0.2) is 4.96 Å². The number of fused-ring (bicyclic) bond motifs is 1. The van der Waals surface area contributed by atoms with Gasteiger partial charge in [-0.05, 0) is 25.2 Å². The molecule has 1 aliphatic carbocycles. The molecule has 2 aromatic rings. The number of halogens is 3. The highest BCUT2D eigenvalue weighted by Gasteiger charge is 2.43. The van der Waals surface area contributed by atoms with E-state index in [0.29, 0.717) is 19.3 Å². The Bertz CT molecular complexity index is 578. The lowest BCUT2D eigenvalue weighted by Crippen LogP contribution is -2.34. The quantitative estimate of drug-likeness (QED) is 0.937. The lowest BCUT2D eigenvalue weighted by Gasteiger charge is -2.33. The number of hydrogen-bond donors (Lipinski definition) is 1. The summed E-state index contributed by atoms with van der Waals surface area (Å²) < 4.78 is 40.3. The lowest BCUT2D eigenvalue weighted by atomic mass is 9.77. The van der Waals surface area contributed by atoms with Crippen molar-refractivity contribution in [1.82, 2.24) is 9.38 Å². The molecule has 0 saturated heterocycles. The van der Waals surface area contributed by atoms with Gasteiger partial charge in [-0.15, -0.1) is 11.3 Å². The fourth-order valence-corrected chi connectivity index (χ4v) is 3.85. The molecule has 0 aromatic carbocycles. The molecule has 3 nitrogen and oxygen atoms in total. The number of aromatic nitrogens is 2. The molecule has 21 heavy (non-hydrogen) atoms. The van der Waals surface area contributed by atoms with Crippen LogP contribution >= 0.6 is 11.3 Å². The summed E-state index contributed by atoms with van der Waals surface area (Å²) in [5.74, 6) is -1.55. The Morgan fingerprint density at radius 3 is 2.95 bits per heavy atom. The van der Waals surface area contributed by atoms with Crippen molar-refractivity contribution >= 4 is 16.3 Å². The van der Waals surface area contributed by atoms with Crippen LogP contribution in [0.15, 0.2) is 17.8 Å². The first-order valence-electron chi connectivity index (χ1n) is 7.09. The number of aliphatic hydroxyl groups excluding tert-OH is 1. The third-order valence-electron chi connectivity index (χ3n) is 4.28. The zero-order valence-electron chi connectivity index (χ0n) is 11.4. The summed E-state index contributed by atoms with van der Waals surface area (Å²) >= 11 is 1.50. The Labute approximate surface area is 124 Å². The van der Waals surface area contributed by atoms with E-state index in [0.717, 1.165) is 10.7 Å². The predicted molar refractivity (Wildman–Crippen MR) is 74.3 cm³/mol. The molecule has 2 heterocycles. The lowest BCUT2D eigenvalue weighted by molar-refractivity contribution is -0.188. The summed E-state index contributed by atoms with van der Waals surface area (Å²) in [6.45, 7) is 0. The van der Waals surface area contributed by atoms with E-state index in [4.69, 9.17) is 0 Å². The average Bonchev–Trinajstić information content (AvgIpc) is 2.98. The van der Waals surface area contributed by atoms with E-state index in [2.05, 4.69) is 4.98 Å². The van der Waals surface area contributed by atoms with Crippen LogP contribution in [0.1, 0.15) is 31.4 Å². The zero-order valence-corrected chi connectivity index (χ0v) is 12.2. The first-order valence-corrected chi connectivity index (χ1v) is 7.97.